The van der Waals surface area contributed by atoms with Crippen LogP contribution in [0.15, 0.2) is 36.4 Å². The van der Waals surface area contributed by atoms with Crippen LogP contribution in [0.3, 0.4) is 0 Å². The van der Waals surface area contributed by atoms with Gasteiger partial charge < -0.3 is 10.1 Å². The first kappa shape index (κ1) is 11.1. The predicted octanol–water partition coefficient (Wildman–Crippen LogP) is 2.43. The third-order valence-electron chi connectivity index (χ3n) is 2.67. The van der Waals surface area contributed by atoms with E-state index >= 15 is 0 Å². The molecule has 1 aromatic heterocycles. The highest BCUT2D eigenvalue weighted by Gasteiger charge is 2.18. The normalized spacial score (nSPS) is 17.4. The molecule has 0 radical (unpaired) electrons. The topological polar surface area (TPSA) is 34.1 Å². The van der Waals surface area contributed by atoms with Crippen molar-refractivity contribution in [1.82, 2.24) is 10.3 Å². The number of hydrogen-bond donors (Lipinski definition) is 1. The number of nitrogens with zero attached hydrogens (tertiary/aromatic N) is 1. The van der Waals surface area contributed by atoms with Crippen molar-refractivity contribution in [2.24, 2.45) is 0 Å². The number of allylic oxidation sites excluding steroid dienone is 1. The van der Waals surface area contributed by atoms with Crippen LogP contribution in [0, 0.1) is 0 Å². The summed E-state index contributed by atoms with van der Waals surface area (Å²) in [6.07, 6.45) is 8.10. The number of rotatable bonds is 4. The predicted molar refractivity (Wildman–Crippen MR) is 63.9 cm³/mol. The maximum atomic E-state index is 5.72. The molecule has 1 atom stereocenters. The van der Waals surface area contributed by atoms with E-state index in [9.17, 15) is 0 Å². The Morgan fingerprint density at radius 3 is 3.12 bits per heavy atom. The standard InChI is InChI=1S/C13H18N2O/c1-2-15-13(11-6-5-8-14-10-11)12-7-3-4-9-16-12/h5-8,10,13,15H,2-4,9H2,1H3. The number of aromatic nitrogens is 1. The molecule has 0 fully saturated rings. The minimum atomic E-state index is 0.152. The van der Waals surface area contributed by atoms with E-state index in [1.807, 2.05) is 12.3 Å². The number of likely N-dealkylation sites (N-methyl/N-ethyl adjacent to an activating group) is 1. The van der Waals surface area contributed by atoms with Crippen molar-refractivity contribution < 1.29 is 4.74 Å². The van der Waals surface area contributed by atoms with Crippen LogP contribution >= 0.6 is 0 Å². The van der Waals surface area contributed by atoms with Crippen LogP contribution in [0.25, 0.3) is 0 Å². The molecule has 1 N–H and O–H groups in total. The van der Waals surface area contributed by atoms with Crippen LogP contribution in [0.4, 0.5) is 0 Å². The summed E-state index contributed by atoms with van der Waals surface area (Å²) in [5, 5.41) is 3.44. The highest BCUT2D eigenvalue weighted by molar-refractivity contribution is 5.23. The second-order valence-electron chi connectivity index (χ2n) is 3.87. The fourth-order valence-corrected chi connectivity index (χ4v) is 1.91. The van der Waals surface area contributed by atoms with Gasteiger partial charge in [0.05, 0.1) is 12.6 Å². The van der Waals surface area contributed by atoms with Gasteiger partial charge in [0, 0.05) is 12.4 Å². The number of ether oxygens (including phenoxy) is 1. The summed E-state index contributed by atoms with van der Waals surface area (Å²) in [4.78, 5) is 4.16. The first-order valence-corrected chi connectivity index (χ1v) is 5.88. The Morgan fingerprint density at radius 1 is 1.56 bits per heavy atom. The van der Waals surface area contributed by atoms with E-state index in [1.54, 1.807) is 6.20 Å². The van der Waals surface area contributed by atoms with E-state index in [1.165, 1.54) is 0 Å². The van der Waals surface area contributed by atoms with Crippen molar-refractivity contribution in [3.8, 4) is 0 Å². The molecule has 3 heteroatoms. The zero-order valence-electron chi connectivity index (χ0n) is 9.65. The molecule has 1 aromatic rings. The van der Waals surface area contributed by atoms with Crippen molar-refractivity contribution >= 4 is 0 Å². The summed E-state index contributed by atoms with van der Waals surface area (Å²) in [6, 6.07) is 4.20. The largest absolute Gasteiger partial charge is 0.496 e. The van der Waals surface area contributed by atoms with Crippen molar-refractivity contribution in [1.29, 1.82) is 0 Å². The van der Waals surface area contributed by atoms with Crippen molar-refractivity contribution in [3.05, 3.63) is 41.9 Å². The van der Waals surface area contributed by atoms with E-state index < -0.39 is 0 Å². The van der Waals surface area contributed by atoms with Crippen LogP contribution in [0.5, 0.6) is 0 Å². The molecular formula is C13H18N2O. The van der Waals surface area contributed by atoms with Gasteiger partial charge in [-0.05, 0) is 37.1 Å². The lowest BCUT2D eigenvalue weighted by atomic mass is 10.0. The molecule has 3 nitrogen and oxygen atoms in total. The lowest BCUT2D eigenvalue weighted by Gasteiger charge is -2.24. The zero-order chi connectivity index (χ0) is 11.2. The zero-order valence-corrected chi connectivity index (χ0v) is 9.65. The van der Waals surface area contributed by atoms with E-state index in [2.05, 4.69) is 29.4 Å². The van der Waals surface area contributed by atoms with Gasteiger partial charge in [0.15, 0.2) is 0 Å². The summed E-state index contributed by atoms with van der Waals surface area (Å²) >= 11 is 0. The average Bonchev–Trinajstić information content (AvgIpc) is 2.38. The fourth-order valence-electron chi connectivity index (χ4n) is 1.91. The Hall–Kier alpha value is -1.35. The molecule has 0 bridgehead atoms. The second kappa shape index (κ2) is 5.66. The third kappa shape index (κ3) is 2.61. The highest BCUT2D eigenvalue weighted by atomic mass is 16.5. The number of hydrogen-bond acceptors (Lipinski definition) is 3. The molecule has 0 spiro atoms. The Balaban J connectivity index is 2.19. The molecule has 1 aliphatic heterocycles. The lowest BCUT2D eigenvalue weighted by Crippen LogP contribution is -2.25. The summed E-state index contributed by atoms with van der Waals surface area (Å²) in [6.45, 7) is 3.85. The molecule has 16 heavy (non-hydrogen) atoms. The first-order chi connectivity index (χ1) is 7.92. The van der Waals surface area contributed by atoms with Gasteiger partial charge in [-0.1, -0.05) is 13.0 Å². The van der Waals surface area contributed by atoms with Crippen molar-refractivity contribution in [3.63, 3.8) is 0 Å². The molecule has 0 saturated heterocycles. The number of nitrogens with one attached hydrogen (secondary N) is 1. The van der Waals surface area contributed by atoms with Gasteiger partial charge in [0.1, 0.15) is 5.76 Å². The highest BCUT2D eigenvalue weighted by Crippen LogP contribution is 2.25. The minimum Gasteiger partial charge on any atom is -0.496 e. The van der Waals surface area contributed by atoms with Crippen LogP contribution < -0.4 is 5.32 Å². The quantitative estimate of drug-likeness (QED) is 0.842. The Morgan fingerprint density at radius 2 is 2.50 bits per heavy atom. The Labute approximate surface area is 96.5 Å². The van der Waals surface area contributed by atoms with Gasteiger partial charge in [0.2, 0.25) is 0 Å². The SMILES string of the molecule is CCNC(C1=CCCCO1)c1cccnc1. The molecule has 0 aliphatic carbocycles. The van der Waals surface area contributed by atoms with Crippen molar-refractivity contribution in [2.75, 3.05) is 13.2 Å². The Kier molecular flexibility index (Phi) is 3.94. The molecule has 86 valence electrons. The van der Waals surface area contributed by atoms with E-state index in [4.69, 9.17) is 4.74 Å². The van der Waals surface area contributed by atoms with E-state index in [0.717, 1.165) is 37.3 Å². The maximum Gasteiger partial charge on any atom is 0.113 e. The Bertz CT molecular complexity index is 348. The summed E-state index contributed by atoms with van der Waals surface area (Å²) in [7, 11) is 0. The molecular weight excluding hydrogens is 200 g/mol. The average molecular weight is 218 g/mol. The molecule has 0 amide bonds. The van der Waals surface area contributed by atoms with Crippen LogP contribution in [0.1, 0.15) is 31.4 Å². The van der Waals surface area contributed by atoms with Crippen LogP contribution in [-0.4, -0.2) is 18.1 Å². The van der Waals surface area contributed by atoms with E-state index in [0.29, 0.717) is 0 Å². The fraction of sp³-hybridized carbons (Fsp3) is 0.462. The summed E-state index contributed by atoms with van der Waals surface area (Å²) < 4.78 is 5.72. The summed E-state index contributed by atoms with van der Waals surface area (Å²) in [5.74, 6) is 1.04. The van der Waals surface area contributed by atoms with Crippen molar-refractivity contribution in [2.45, 2.75) is 25.8 Å². The van der Waals surface area contributed by atoms with E-state index in [-0.39, 0.29) is 6.04 Å². The van der Waals surface area contributed by atoms with Crippen LogP contribution in [-0.2, 0) is 4.74 Å². The minimum absolute atomic E-state index is 0.152. The molecule has 1 unspecified atom stereocenters. The van der Waals surface area contributed by atoms with Gasteiger partial charge in [0.25, 0.3) is 0 Å². The molecule has 2 heterocycles. The van der Waals surface area contributed by atoms with Gasteiger partial charge >= 0.3 is 0 Å². The summed E-state index contributed by atoms with van der Waals surface area (Å²) in [5.41, 5.74) is 1.16. The second-order valence-corrected chi connectivity index (χ2v) is 3.87. The van der Waals surface area contributed by atoms with Gasteiger partial charge in [-0.25, -0.2) is 0 Å². The van der Waals surface area contributed by atoms with Gasteiger partial charge in [-0.15, -0.1) is 0 Å². The lowest BCUT2D eigenvalue weighted by molar-refractivity contribution is 0.168. The smallest absolute Gasteiger partial charge is 0.113 e. The van der Waals surface area contributed by atoms with Crippen LogP contribution in [0.2, 0.25) is 0 Å². The first-order valence-electron chi connectivity index (χ1n) is 5.88. The molecule has 0 saturated carbocycles. The molecule has 2 rings (SSSR count). The third-order valence-corrected chi connectivity index (χ3v) is 2.67. The maximum absolute atomic E-state index is 5.72. The van der Waals surface area contributed by atoms with Gasteiger partial charge in [-0.3, -0.25) is 4.98 Å². The molecule has 1 aliphatic rings. The number of pyridine rings is 1. The van der Waals surface area contributed by atoms with Gasteiger partial charge in [-0.2, -0.15) is 0 Å². The monoisotopic (exact) mass is 218 g/mol. The molecule has 0 aromatic carbocycles.